The smallest absolute Gasteiger partial charge is 0.307 e. The van der Waals surface area contributed by atoms with Gasteiger partial charge in [-0.15, -0.1) is 0 Å². The van der Waals surface area contributed by atoms with Gasteiger partial charge in [-0.25, -0.2) is 0 Å². The minimum Gasteiger partial charge on any atom is -0.466 e. The second kappa shape index (κ2) is 6.16. The molecule has 0 rings (SSSR count). The van der Waals surface area contributed by atoms with E-state index in [1.165, 1.54) is 0 Å². The molecule has 11 heavy (non-hydrogen) atoms. The van der Waals surface area contributed by atoms with Crippen LogP contribution in [0.4, 0.5) is 0 Å². The van der Waals surface area contributed by atoms with Gasteiger partial charge >= 0.3 is 5.97 Å². The molecule has 0 aliphatic heterocycles. The van der Waals surface area contributed by atoms with Gasteiger partial charge in [0.1, 0.15) is 0 Å². The van der Waals surface area contributed by atoms with Crippen LogP contribution in [0.25, 0.3) is 0 Å². The fourth-order valence-corrected chi connectivity index (χ4v) is 0.891. The first-order chi connectivity index (χ1) is 5.20. The Morgan fingerprint density at radius 2 is 2.18 bits per heavy atom. The van der Waals surface area contributed by atoms with E-state index in [-0.39, 0.29) is 12.0 Å². The summed E-state index contributed by atoms with van der Waals surface area (Å²) in [6.07, 6.45) is 0.460. The summed E-state index contributed by atoms with van der Waals surface area (Å²) in [5, 5.41) is 3.13. The zero-order valence-electron chi connectivity index (χ0n) is 7.52. The molecule has 0 amide bonds. The lowest BCUT2D eigenvalue weighted by atomic mass is 10.2. The number of hydrogen-bond acceptors (Lipinski definition) is 3. The van der Waals surface area contributed by atoms with Gasteiger partial charge in [-0.2, -0.15) is 0 Å². The first kappa shape index (κ1) is 10.4. The van der Waals surface area contributed by atoms with Crippen LogP contribution >= 0.6 is 0 Å². The normalized spacial score (nSPS) is 12.6. The lowest BCUT2D eigenvalue weighted by Gasteiger charge is -2.10. The lowest BCUT2D eigenvalue weighted by Crippen LogP contribution is -2.28. The lowest BCUT2D eigenvalue weighted by molar-refractivity contribution is -0.143. The molecule has 0 heterocycles. The highest BCUT2D eigenvalue weighted by Crippen LogP contribution is 1.92. The molecule has 66 valence electrons. The molecule has 0 saturated carbocycles. The highest BCUT2D eigenvalue weighted by molar-refractivity contribution is 5.69. The number of nitrogens with one attached hydrogen (secondary N) is 1. The molecule has 0 fully saturated rings. The summed E-state index contributed by atoms with van der Waals surface area (Å²) in [5.74, 6) is -0.124. The van der Waals surface area contributed by atoms with Gasteiger partial charge in [-0.05, 0) is 20.4 Å². The number of carbonyl (C=O) groups is 1. The van der Waals surface area contributed by atoms with Crippen molar-refractivity contribution in [3.05, 3.63) is 0 Å². The fourth-order valence-electron chi connectivity index (χ4n) is 0.891. The summed E-state index contributed by atoms with van der Waals surface area (Å²) in [6.45, 7) is 7.16. The van der Waals surface area contributed by atoms with E-state index in [4.69, 9.17) is 4.74 Å². The zero-order valence-corrected chi connectivity index (χ0v) is 7.52. The van der Waals surface area contributed by atoms with E-state index in [0.717, 1.165) is 6.54 Å². The topological polar surface area (TPSA) is 38.3 Å². The van der Waals surface area contributed by atoms with Crippen LogP contribution in [-0.2, 0) is 9.53 Å². The summed E-state index contributed by atoms with van der Waals surface area (Å²) in [5.41, 5.74) is 0. The quantitative estimate of drug-likeness (QED) is 0.607. The van der Waals surface area contributed by atoms with E-state index in [0.29, 0.717) is 13.0 Å². The van der Waals surface area contributed by atoms with E-state index in [1.807, 2.05) is 20.8 Å². The predicted molar refractivity (Wildman–Crippen MR) is 44.4 cm³/mol. The van der Waals surface area contributed by atoms with Crippen molar-refractivity contribution in [1.82, 2.24) is 5.32 Å². The first-order valence-electron chi connectivity index (χ1n) is 4.09. The van der Waals surface area contributed by atoms with Gasteiger partial charge in [0.2, 0.25) is 0 Å². The summed E-state index contributed by atoms with van der Waals surface area (Å²) in [4.78, 5) is 10.9. The van der Waals surface area contributed by atoms with Gasteiger partial charge in [0, 0.05) is 6.04 Å². The van der Waals surface area contributed by atoms with Crippen molar-refractivity contribution < 1.29 is 9.53 Å². The summed E-state index contributed by atoms with van der Waals surface area (Å²) in [6, 6.07) is 0.221. The van der Waals surface area contributed by atoms with Gasteiger partial charge in [-0.1, -0.05) is 6.92 Å². The molecule has 3 heteroatoms. The Bertz CT molecular complexity index is 115. The Kier molecular flexibility index (Phi) is 5.84. The monoisotopic (exact) mass is 159 g/mol. The Labute approximate surface area is 68.1 Å². The van der Waals surface area contributed by atoms with Crippen LogP contribution in [-0.4, -0.2) is 25.2 Å². The van der Waals surface area contributed by atoms with Gasteiger partial charge in [0.25, 0.3) is 0 Å². The van der Waals surface area contributed by atoms with Crippen LogP contribution in [0.1, 0.15) is 27.2 Å². The van der Waals surface area contributed by atoms with Crippen molar-refractivity contribution in [2.24, 2.45) is 0 Å². The molecule has 0 aromatic rings. The van der Waals surface area contributed by atoms with Gasteiger partial charge in [0.15, 0.2) is 0 Å². The van der Waals surface area contributed by atoms with Crippen LogP contribution < -0.4 is 5.32 Å². The largest absolute Gasteiger partial charge is 0.466 e. The molecule has 0 aliphatic rings. The molecule has 0 aliphatic carbocycles. The number of ether oxygens (including phenoxy) is 1. The second-order valence-corrected chi connectivity index (χ2v) is 2.47. The van der Waals surface area contributed by atoms with E-state index in [2.05, 4.69) is 5.32 Å². The van der Waals surface area contributed by atoms with E-state index < -0.39 is 0 Å². The molecule has 1 atom stereocenters. The number of rotatable bonds is 5. The number of hydrogen-bond donors (Lipinski definition) is 1. The third-order valence-corrected chi connectivity index (χ3v) is 1.33. The molecule has 0 unspecified atom stereocenters. The molecule has 0 saturated heterocycles. The van der Waals surface area contributed by atoms with Gasteiger partial charge in [0.05, 0.1) is 13.0 Å². The Morgan fingerprint density at radius 1 is 1.55 bits per heavy atom. The van der Waals surface area contributed by atoms with Crippen LogP contribution in [0.5, 0.6) is 0 Å². The molecule has 3 nitrogen and oxygen atoms in total. The van der Waals surface area contributed by atoms with Crippen molar-refractivity contribution in [3.8, 4) is 0 Å². The Balaban J connectivity index is 3.40. The Hall–Kier alpha value is -0.570. The average Bonchev–Trinajstić information content (AvgIpc) is 1.87. The van der Waals surface area contributed by atoms with Crippen molar-refractivity contribution in [2.45, 2.75) is 33.2 Å². The molecular weight excluding hydrogens is 142 g/mol. The first-order valence-corrected chi connectivity index (χ1v) is 4.09. The van der Waals surface area contributed by atoms with Gasteiger partial charge in [-0.3, -0.25) is 4.79 Å². The summed E-state index contributed by atoms with van der Waals surface area (Å²) in [7, 11) is 0. The van der Waals surface area contributed by atoms with E-state index >= 15 is 0 Å². The Morgan fingerprint density at radius 3 is 2.64 bits per heavy atom. The maximum Gasteiger partial charge on any atom is 0.307 e. The van der Waals surface area contributed by atoms with Crippen LogP contribution in [0.2, 0.25) is 0 Å². The molecular formula is C8H17NO2. The molecule has 1 N–H and O–H groups in total. The van der Waals surface area contributed by atoms with E-state index in [9.17, 15) is 4.79 Å². The highest BCUT2D eigenvalue weighted by Gasteiger charge is 2.07. The van der Waals surface area contributed by atoms with Crippen molar-refractivity contribution in [1.29, 1.82) is 0 Å². The second-order valence-electron chi connectivity index (χ2n) is 2.47. The molecule has 0 radical (unpaired) electrons. The zero-order chi connectivity index (χ0) is 8.69. The maximum atomic E-state index is 10.9. The van der Waals surface area contributed by atoms with Crippen molar-refractivity contribution >= 4 is 5.97 Å². The minimum atomic E-state index is -0.124. The molecule has 0 aromatic carbocycles. The molecule has 0 aromatic heterocycles. The minimum absolute atomic E-state index is 0.124. The standard InChI is InChI=1S/C8H17NO2/c1-4-9-7(3)6-8(10)11-5-2/h7,9H,4-6H2,1-3H3/t7-/m1/s1. The SMILES string of the molecule is CCN[C@H](C)CC(=O)OCC. The fraction of sp³-hybridized carbons (Fsp3) is 0.875. The summed E-state index contributed by atoms with van der Waals surface area (Å²) >= 11 is 0. The van der Waals surface area contributed by atoms with Crippen LogP contribution in [0.3, 0.4) is 0 Å². The molecule has 0 spiro atoms. The summed E-state index contributed by atoms with van der Waals surface area (Å²) < 4.78 is 4.78. The average molecular weight is 159 g/mol. The highest BCUT2D eigenvalue weighted by atomic mass is 16.5. The van der Waals surface area contributed by atoms with E-state index in [1.54, 1.807) is 0 Å². The third kappa shape index (κ3) is 5.85. The van der Waals surface area contributed by atoms with Crippen molar-refractivity contribution in [3.63, 3.8) is 0 Å². The predicted octanol–water partition coefficient (Wildman–Crippen LogP) is 0.938. The maximum absolute atomic E-state index is 10.9. The van der Waals surface area contributed by atoms with Crippen LogP contribution in [0, 0.1) is 0 Å². The number of esters is 1. The third-order valence-electron chi connectivity index (χ3n) is 1.33. The van der Waals surface area contributed by atoms with Crippen LogP contribution in [0.15, 0.2) is 0 Å². The van der Waals surface area contributed by atoms with Crippen molar-refractivity contribution in [2.75, 3.05) is 13.2 Å². The molecule has 0 bridgehead atoms. The van der Waals surface area contributed by atoms with Gasteiger partial charge < -0.3 is 10.1 Å². The number of carbonyl (C=O) groups excluding carboxylic acids is 1.